The molecule has 1 saturated heterocycles. The molecule has 2 nitrogen and oxygen atoms in total. The highest BCUT2D eigenvalue weighted by molar-refractivity contribution is 7.64. The molecule has 0 bridgehead atoms. The summed E-state index contributed by atoms with van der Waals surface area (Å²) in [4.78, 5) is 0. The van der Waals surface area contributed by atoms with Crippen LogP contribution in [0.3, 0.4) is 0 Å². The minimum Gasteiger partial charge on any atom is -0.332 e. The molecule has 1 fully saturated rings. The molecule has 1 heterocycles. The molecule has 0 unspecified atom stereocenters. The van der Waals surface area contributed by atoms with Gasteiger partial charge in [0.25, 0.3) is 0 Å². The summed E-state index contributed by atoms with van der Waals surface area (Å²) in [5.74, 6) is 0. The Bertz CT molecular complexity index is 160. The largest absolute Gasteiger partial charge is 0.332 e. The van der Waals surface area contributed by atoms with Crippen molar-refractivity contribution in [3.63, 3.8) is 0 Å². The van der Waals surface area contributed by atoms with E-state index in [4.69, 9.17) is 9.05 Å². The van der Waals surface area contributed by atoms with Crippen molar-refractivity contribution in [3.8, 4) is 0 Å². The van der Waals surface area contributed by atoms with Gasteiger partial charge in [0.05, 0.1) is 13.2 Å². The molecule has 3 heteroatoms. The predicted molar refractivity (Wildman–Crippen MR) is 40.0 cm³/mol. The van der Waals surface area contributed by atoms with Crippen LogP contribution in [0.5, 0.6) is 0 Å². The van der Waals surface area contributed by atoms with Crippen molar-refractivity contribution in [2.75, 3.05) is 19.9 Å². The highest BCUT2D eigenvalue weighted by Gasteiger charge is 2.14. The van der Waals surface area contributed by atoms with Crippen LogP contribution >= 0.6 is 7.34 Å². The monoisotopic (exact) mass is 146 g/mol. The van der Waals surface area contributed by atoms with Gasteiger partial charge in [-0.3, -0.25) is 0 Å². The Morgan fingerprint density at radius 3 is 2.33 bits per heavy atom. The van der Waals surface area contributed by atoms with Gasteiger partial charge in [-0.15, -0.1) is 0 Å². The highest BCUT2D eigenvalue weighted by Crippen LogP contribution is 2.46. The van der Waals surface area contributed by atoms with Crippen molar-refractivity contribution in [2.24, 2.45) is 0 Å². The average molecular weight is 146 g/mol. The van der Waals surface area contributed by atoms with Crippen molar-refractivity contribution < 1.29 is 9.05 Å². The summed E-state index contributed by atoms with van der Waals surface area (Å²) in [5.41, 5.74) is 2.80. The maximum absolute atomic E-state index is 5.33. The molecule has 52 valence electrons. The second-order valence-corrected chi connectivity index (χ2v) is 4.55. The molecular weight excluding hydrogens is 135 g/mol. The maximum atomic E-state index is 5.33. The molecule has 0 saturated carbocycles. The quantitative estimate of drug-likeness (QED) is 0.482. The van der Waals surface area contributed by atoms with Gasteiger partial charge in [0.2, 0.25) is 0 Å². The fourth-order valence-electron chi connectivity index (χ4n) is 0.665. The molecule has 0 spiro atoms. The average Bonchev–Trinajstić information content (AvgIpc) is 1.90. The fourth-order valence-corrected chi connectivity index (χ4v) is 1.88. The van der Waals surface area contributed by atoms with E-state index in [1.165, 1.54) is 0 Å². The first-order valence-electron chi connectivity index (χ1n) is 2.97. The van der Waals surface area contributed by atoms with Gasteiger partial charge in [-0.2, -0.15) is 0 Å². The molecule has 0 aromatic heterocycles. The van der Waals surface area contributed by atoms with Crippen LogP contribution in [0, 0.1) is 0 Å². The molecule has 1 rings (SSSR count). The van der Waals surface area contributed by atoms with E-state index in [-0.39, 0.29) is 0 Å². The summed E-state index contributed by atoms with van der Waals surface area (Å²) < 4.78 is 10.7. The van der Waals surface area contributed by atoms with Gasteiger partial charge >= 0.3 is 0 Å². The first-order chi connectivity index (χ1) is 4.27. The second-order valence-electron chi connectivity index (χ2n) is 2.02. The van der Waals surface area contributed by atoms with Gasteiger partial charge < -0.3 is 9.05 Å². The standard InChI is InChI=1S/C6H11O2P/c1-3-9(2)7-5-4-6-8-9/h1,4-6H2,2H3. The summed E-state index contributed by atoms with van der Waals surface area (Å²) >= 11 is 0. The van der Waals surface area contributed by atoms with Crippen molar-refractivity contribution >= 4 is 12.8 Å². The van der Waals surface area contributed by atoms with Gasteiger partial charge in [-0.25, -0.2) is 0 Å². The Hall–Kier alpha value is 0.0000000000000000139. The topological polar surface area (TPSA) is 18.5 Å². The van der Waals surface area contributed by atoms with E-state index in [2.05, 4.69) is 12.0 Å². The first-order valence-corrected chi connectivity index (χ1v) is 5.04. The Morgan fingerprint density at radius 1 is 1.44 bits per heavy atom. The lowest BCUT2D eigenvalue weighted by atomic mass is 10.5. The Kier molecular flexibility index (Phi) is 2.15. The lowest BCUT2D eigenvalue weighted by molar-refractivity contribution is 0.181. The summed E-state index contributed by atoms with van der Waals surface area (Å²) in [6.45, 7) is 7.06. The third kappa shape index (κ3) is 1.70. The number of rotatable bonds is 0. The van der Waals surface area contributed by atoms with E-state index in [0.29, 0.717) is 0 Å². The maximum Gasteiger partial charge on any atom is 0.163 e. The third-order valence-electron chi connectivity index (χ3n) is 1.25. The van der Waals surface area contributed by atoms with Crippen molar-refractivity contribution in [1.82, 2.24) is 0 Å². The zero-order chi connectivity index (χ0) is 6.74. The zero-order valence-corrected chi connectivity index (χ0v) is 6.49. The van der Waals surface area contributed by atoms with Gasteiger partial charge in [-0.05, 0) is 6.42 Å². The Labute approximate surface area is 55.6 Å². The molecule has 0 N–H and O–H groups in total. The molecular formula is C6H11O2P. The SMILES string of the molecule is C=C=P1(C)OCCCO1. The Balaban J connectivity index is 2.69. The van der Waals surface area contributed by atoms with Gasteiger partial charge in [0.1, 0.15) is 0 Å². The van der Waals surface area contributed by atoms with Crippen LogP contribution in [0.4, 0.5) is 0 Å². The van der Waals surface area contributed by atoms with Crippen LogP contribution in [0.1, 0.15) is 6.42 Å². The van der Waals surface area contributed by atoms with Crippen LogP contribution in [0.2, 0.25) is 0 Å². The molecule has 1 aliphatic heterocycles. The molecule has 9 heavy (non-hydrogen) atoms. The summed E-state index contributed by atoms with van der Waals surface area (Å²) in [6.07, 6.45) is 0.997. The molecule has 0 radical (unpaired) electrons. The molecule has 0 aliphatic carbocycles. The smallest absolute Gasteiger partial charge is 0.163 e. The van der Waals surface area contributed by atoms with Crippen LogP contribution in [0.15, 0.2) is 6.58 Å². The zero-order valence-electron chi connectivity index (χ0n) is 5.59. The molecule has 0 aromatic carbocycles. The minimum absolute atomic E-state index is 0.798. The van der Waals surface area contributed by atoms with E-state index in [1.807, 2.05) is 6.66 Å². The Morgan fingerprint density at radius 2 is 2.00 bits per heavy atom. The fraction of sp³-hybridized carbons (Fsp3) is 0.667. The van der Waals surface area contributed by atoms with Crippen LogP contribution < -0.4 is 0 Å². The van der Waals surface area contributed by atoms with Crippen molar-refractivity contribution in [1.29, 1.82) is 0 Å². The van der Waals surface area contributed by atoms with E-state index >= 15 is 0 Å². The minimum atomic E-state index is -1.71. The first kappa shape index (κ1) is 7.11. The predicted octanol–water partition coefficient (Wildman–Crippen LogP) is 1.49. The molecule has 1 aliphatic rings. The van der Waals surface area contributed by atoms with E-state index < -0.39 is 7.34 Å². The van der Waals surface area contributed by atoms with Crippen LogP contribution in [-0.2, 0) is 9.05 Å². The van der Waals surface area contributed by atoms with Gasteiger partial charge in [-0.1, -0.05) is 12.0 Å². The van der Waals surface area contributed by atoms with E-state index in [1.54, 1.807) is 0 Å². The van der Waals surface area contributed by atoms with E-state index in [9.17, 15) is 0 Å². The summed E-state index contributed by atoms with van der Waals surface area (Å²) in [5, 5.41) is 0. The number of hydrogen-bond donors (Lipinski definition) is 0. The molecule has 0 aromatic rings. The third-order valence-corrected chi connectivity index (χ3v) is 3.18. The normalized spacial score (nSPS) is 25.0. The lowest BCUT2D eigenvalue weighted by Gasteiger charge is -2.23. The molecule has 0 amide bonds. The number of hydrogen-bond acceptors (Lipinski definition) is 2. The summed E-state index contributed by atoms with van der Waals surface area (Å²) in [6, 6.07) is 0. The van der Waals surface area contributed by atoms with E-state index in [0.717, 1.165) is 19.6 Å². The van der Waals surface area contributed by atoms with Crippen molar-refractivity contribution in [3.05, 3.63) is 6.58 Å². The summed E-state index contributed by atoms with van der Waals surface area (Å²) in [7, 11) is -1.71. The highest BCUT2D eigenvalue weighted by atomic mass is 31.2. The van der Waals surface area contributed by atoms with Gasteiger partial charge in [0, 0.05) is 6.66 Å². The van der Waals surface area contributed by atoms with Crippen LogP contribution in [0.25, 0.3) is 0 Å². The van der Waals surface area contributed by atoms with Crippen molar-refractivity contribution in [2.45, 2.75) is 6.42 Å². The lowest BCUT2D eigenvalue weighted by Crippen LogP contribution is -2.07. The van der Waals surface area contributed by atoms with Crippen LogP contribution in [-0.4, -0.2) is 25.3 Å². The molecule has 0 atom stereocenters. The van der Waals surface area contributed by atoms with Gasteiger partial charge in [0.15, 0.2) is 7.34 Å². The second kappa shape index (κ2) is 2.72.